The second kappa shape index (κ2) is 6.79. The molecule has 0 spiro atoms. The largest absolute Gasteiger partial charge is 0.462 e. The molecule has 0 radical (unpaired) electrons. The lowest BCUT2D eigenvalue weighted by molar-refractivity contribution is -0.581. The van der Waals surface area contributed by atoms with Crippen LogP contribution in [-0.2, 0) is 11.2 Å². The first-order chi connectivity index (χ1) is 10.1. The lowest BCUT2D eigenvalue weighted by Gasteiger charge is -2.03. The predicted octanol–water partition coefficient (Wildman–Crippen LogP) is 2.34. The Labute approximate surface area is 124 Å². The van der Waals surface area contributed by atoms with Crippen LogP contribution >= 0.6 is 0 Å². The van der Waals surface area contributed by atoms with Gasteiger partial charge in [-0.3, -0.25) is 0 Å². The summed E-state index contributed by atoms with van der Waals surface area (Å²) in [6.45, 7) is 3.89. The normalized spacial score (nSPS) is 10.2. The molecule has 0 amide bonds. The van der Waals surface area contributed by atoms with E-state index in [0.29, 0.717) is 24.3 Å². The van der Waals surface area contributed by atoms with Crippen molar-refractivity contribution in [3.05, 3.63) is 65.5 Å². The molecule has 4 nitrogen and oxygen atoms in total. The van der Waals surface area contributed by atoms with Crippen molar-refractivity contribution in [1.29, 1.82) is 0 Å². The van der Waals surface area contributed by atoms with Crippen LogP contribution in [0.15, 0.2) is 48.7 Å². The summed E-state index contributed by atoms with van der Waals surface area (Å²) in [4.78, 5) is 23.9. The first-order valence-electron chi connectivity index (χ1n) is 6.88. The first-order valence-corrected chi connectivity index (χ1v) is 6.88. The summed E-state index contributed by atoms with van der Waals surface area (Å²) in [6.07, 6.45) is 1.94. The average Bonchev–Trinajstić information content (AvgIpc) is 2.48. The molecule has 0 unspecified atom stereocenters. The fraction of sp³-hybridized carbons (Fsp3) is 0.235. The highest BCUT2D eigenvalue weighted by molar-refractivity contribution is 5.89. The molecule has 0 saturated heterocycles. The third kappa shape index (κ3) is 3.75. The number of aromatic nitrogens is 1. The van der Waals surface area contributed by atoms with Crippen molar-refractivity contribution in [2.24, 2.45) is 0 Å². The zero-order valence-corrected chi connectivity index (χ0v) is 12.2. The Morgan fingerprint density at radius 3 is 2.48 bits per heavy atom. The Hall–Kier alpha value is -2.49. The zero-order chi connectivity index (χ0) is 15.2. The number of aryl methyl sites for hydroxylation is 1. The van der Waals surface area contributed by atoms with E-state index in [9.17, 15) is 9.59 Å². The maximum atomic E-state index is 12.3. The molecule has 108 valence electrons. The van der Waals surface area contributed by atoms with Crippen molar-refractivity contribution in [3.63, 3.8) is 0 Å². The van der Waals surface area contributed by atoms with Crippen molar-refractivity contribution < 1.29 is 18.9 Å². The van der Waals surface area contributed by atoms with Crippen LogP contribution in [0, 0.1) is 6.92 Å². The molecule has 1 heterocycles. The highest BCUT2D eigenvalue weighted by Gasteiger charge is 2.20. The zero-order valence-electron chi connectivity index (χ0n) is 12.2. The van der Waals surface area contributed by atoms with Gasteiger partial charge in [-0.2, -0.15) is 0 Å². The second-order valence-corrected chi connectivity index (χ2v) is 4.70. The minimum absolute atomic E-state index is 0.0332. The SMILES string of the molecule is CCOC(=O)c1cc[n+](C(=O)Cc2ccccc2)c(C)c1. The maximum absolute atomic E-state index is 12.3. The van der Waals surface area contributed by atoms with E-state index in [-0.39, 0.29) is 11.9 Å². The van der Waals surface area contributed by atoms with Gasteiger partial charge in [0.05, 0.1) is 18.6 Å². The number of ether oxygens (including phenoxy) is 1. The number of benzene rings is 1. The van der Waals surface area contributed by atoms with Gasteiger partial charge in [-0.05, 0) is 12.5 Å². The molecule has 2 rings (SSSR count). The fourth-order valence-electron chi connectivity index (χ4n) is 2.09. The van der Waals surface area contributed by atoms with Crippen molar-refractivity contribution in [2.45, 2.75) is 20.3 Å². The highest BCUT2D eigenvalue weighted by Crippen LogP contribution is 2.04. The van der Waals surface area contributed by atoms with Gasteiger partial charge in [0.2, 0.25) is 0 Å². The number of hydrogen-bond acceptors (Lipinski definition) is 3. The quantitative estimate of drug-likeness (QED) is 0.639. The van der Waals surface area contributed by atoms with Crippen LogP contribution in [0.5, 0.6) is 0 Å². The van der Waals surface area contributed by atoms with E-state index in [1.165, 1.54) is 0 Å². The molecular formula is C17H18NO3+. The van der Waals surface area contributed by atoms with Crippen LogP contribution in [0.4, 0.5) is 0 Å². The van der Waals surface area contributed by atoms with Crippen LogP contribution < -0.4 is 4.57 Å². The summed E-state index contributed by atoms with van der Waals surface area (Å²) in [7, 11) is 0. The van der Waals surface area contributed by atoms with E-state index in [1.54, 1.807) is 36.7 Å². The molecule has 0 saturated carbocycles. The van der Waals surface area contributed by atoms with Gasteiger partial charge in [-0.25, -0.2) is 9.59 Å². The van der Waals surface area contributed by atoms with Crippen LogP contribution in [-0.4, -0.2) is 18.5 Å². The summed E-state index contributed by atoms with van der Waals surface area (Å²) in [5.74, 6) is -0.405. The van der Waals surface area contributed by atoms with E-state index in [4.69, 9.17) is 4.74 Å². The van der Waals surface area contributed by atoms with E-state index in [2.05, 4.69) is 0 Å². The number of esters is 1. The van der Waals surface area contributed by atoms with Gasteiger partial charge in [0.25, 0.3) is 0 Å². The predicted molar refractivity (Wildman–Crippen MR) is 78.1 cm³/mol. The molecule has 0 aliphatic rings. The summed E-state index contributed by atoms with van der Waals surface area (Å²) in [5.41, 5.74) is 2.13. The van der Waals surface area contributed by atoms with Crippen molar-refractivity contribution in [1.82, 2.24) is 0 Å². The van der Waals surface area contributed by atoms with Gasteiger partial charge in [0.15, 0.2) is 11.9 Å². The molecule has 0 N–H and O–H groups in total. The molecule has 21 heavy (non-hydrogen) atoms. The van der Waals surface area contributed by atoms with Gasteiger partial charge in [0, 0.05) is 19.1 Å². The summed E-state index contributed by atoms with van der Waals surface area (Å²) in [6, 6.07) is 12.8. The van der Waals surface area contributed by atoms with Crippen LogP contribution in [0.25, 0.3) is 0 Å². The molecule has 4 heteroatoms. The molecule has 0 atom stereocenters. The lowest BCUT2D eigenvalue weighted by Crippen LogP contribution is -2.46. The third-order valence-electron chi connectivity index (χ3n) is 3.13. The van der Waals surface area contributed by atoms with Crippen molar-refractivity contribution in [3.8, 4) is 0 Å². The van der Waals surface area contributed by atoms with Crippen molar-refractivity contribution >= 4 is 11.9 Å². The Morgan fingerprint density at radius 1 is 1.14 bits per heavy atom. The summed E-state index contributed by atoms with van der Waals surface area (Å²) < 4.78 is 6.50. The molecule has 0 fully saturated rings. The molecular weight excluding hydrogens is 266 g/mol. The Morgan fingerprint density at radius 2 is 1.86 bits per heavy atom. The molecule has 1 aromatic carbocycles. The van der Waals surface area contributed by atoms with E-state index >= 15 is 0 Å². The van der Waals surface area contributed by atoms with Gasteiger partial charge in [-0.15, -0.1) is 4.57 Å². The summed E-state index contributed by atoms with van der Waals surface area (Å²) >= 11 is 0. The number of nitrogens with zero attached hydrogens (tertiary/aromatic N) is 1. The monoisotopic (exact) mass is 284 g/mol. The van der Waals surface area contributed by atoms with E-state index < -0.39 is 0 Å². The van der Waals surface area contributed by atoms with Crippen LogP contribution in [0.2, 0.25) is 0 Å². The highest BCUT2D eigenvalue weighted by atomic mass is 16.5. The van der Waals surface area contributed by atoms with Crippen molar-refractivity contribution in [2.75, 3.05) is 6.61 Å². The third-order valence-corrected chi connectivity index (χ3v) is 3.13. The minimum atomic E-state index is -0.372. The lowest BCUT2D eigenvalue weighted by atomic mass is 10.1. The van der Waals surface area contributed by atoms with Crippen LogP contribution in [0.3, 0.4) is 0 Å². The minimum Gasteiger partial charge on any atom is -0.462 e. The fourth-order valence-corrected chi connectivity index (χ4v) is 2.09. The Bertz CT molecular complexity index is 650. The number of carbonyl (C=O) groups is 2. The molecule has 1 aromatic heterocycles. The summed E-state index contributed by atoms with van der Waals surface area (Å²) in [5, 5.41) is 0. The van der Waals surface area contributed by atoms with Gasteiger partial charge in [0.1, 0.15) is 0 Å². The maximum Gasteiger partial charge on any atom is 0.396 e. The molecule has 0 bridgehead atoms. The Balaban J connectivity index is 2.17. The van der Waals surface area contributed by atoms with E-state index in [1.807, 2.05) is 30.3 Å². The Kier molecular flexibility index (Phi) is 4.82. The molecule has 0 aliphatic carbocycles. The number of hydrogen-bond donors (Lipinski definition) is 0. The van der Waals surface area contributed by atoms with Gasteiger partial charge >= 0.3 is 11.9 Å². The molecule has 2 aromatic rings. The topological polar surface area (TPSA) is 47.2 Å². The number of pyridine rings is 1. The first kappa shape index (κ1) is 14.9. The van der Waals surface area contributed by atoms with E-state index in [0.717, 1.165) is 5.56 Å². The van der Waals surface area contributed by atoms with Gasteiger partial charge < -0.3 is 4.74 Å². The van der Waals surface area contributed by atoms with Gasteiger partial charge in [-0.1, -0.05) is 30.3 Å². The average molecular weight is 284 g/mol. The smallest absolute Gasteiger partial charge is 0.396 e. The molecule has 0 aliphatic heterocycles. The number of rotatable bonds is 4. The van der Waals surface area contributed by atoms with Crippen LogP contribution in [0.1, 0.15) is 33.3 Å². The number of carbonyl (C=O) groups excluding carboxylic acids is 2. The second-order valence-electron chi connectivity index (χ2n) is 4.70. The standard InChI is InChI=1S/C17H18NO3/c1-3-21-17(20)15-9-10-18(13(2)11-15)16(19)12-14-7-5-4-6-8-14/h4-11H,3,12H2,1-2H3/q+1.